The van der Waals surface area contributed by atoms with Crippen molar-refractivity contribution in [3.8, 4) is 17.4 Å². The number of ether oxygens (including phenoxy) is 2. The number of nitrogens with zero attached hydrogens (tertiary/aromatic N) is 2. The molecular formula is C14H18N4O2. The Kier molecular flexibility index (Phi) is 4.37. The topological polar surface area (TPSA) is 82.3 Å². The zero-order chi connectivity index (χ0) is 14.5. The van der Waals surface area contributed by atoms with Crippen LogP contribution in [0.2, 0.25) is 0 Å². The van der Waals surface area contributed by atoms with Gasteiger partial charge >= 0.3 is 0 Å². The van der Waals surface area contributed by atoms with Gasteiger partial charge in [0.1, 0.15) is 12.1 Å². The molecule has 106 valence electrons. The maximum atomic E-state index is 5.85. The molecule has 0 aliphatic heterocycles. The van der Waals surface area contributed by atoms with Crippen molar-refractivity contribution in [3.05, 3.63) is 35.7 Å². The summed E-state index contributed by atoms with van der Waals surface area (Å²) in [5, 5.41) is 0. The molecule has 1 aromatic carbocycles. The van der Waals surface area contributed by atoms with Crippen molar-refractivity contribution < 1.29 is 9.47 Å². The first-order valence-electron chi connectivity index (χ1n) is 6.32. The fraction of sp³-hybridized carbons (Fsp3) is 0.286. The van der Waals surface area contributed by atoms with Crippen LogP contribution in [-0.4, -0.2) is 17.1 Å². The third kappa shape index (κ3) is 2.80. The smallest absolute Gasteiger partial charge is 0.227 e. The lowest BCUT2D eigenvalue weighted by Crippen LogP contribution is -2.12. The van der Waals surface area contributed by atoms with E-state index in [0.717, 1.165) is 11.1 Å². The molecule has 0 fully saturated rings. The molecule has 0 bridgehead atoms. The highest BCUT2D eigenvalue weighted by atomic mass is 16.5. The van der Waals surface area contributed by atoms with Crippen molar-refractivity contribution in [2.75, 3.05) is 12.5 Å². The maximum absolute atomic E-state index is 5.85. The largest absolute Gasteiger partial charge is 0.493 e. The van der Waals surface area contributed by atoms with Gasteiger partial charge in [0.05, 0.1) is 12.7 Å². The van der Waals surface area contributed by atoms with Crippen LogP contribution in [0.5, 0.6) is 17.4 Å². The fourth-order valence-corrected chi connectivity index (χ4v) is 1.89. The number of nitrogens with two attached hydrogens (primary N) is 1. The molecule has 1 aromatic heterocycles. The van der Waals surface area contributed by atoms with Crippen LogP contribution in [0.1, 0.15) is 18.1 Å². The van der Waals surface area contributed by atoms with Crippen LogP contribution in [0.15, 0.2) is 24.5 Å². The highest BCUT2D eigenvalue weighted by Gasteiger charge is 2.13. The summed E-state index contributed by atoms with van der Waals surface area (Å²) in [4.78, 5) is 8.24. The van der Waals surface area contributed by atoms with Crippen molar-refractivity contribution in [1.82, 2.24) is 9.97 Å². The minimum absolute atomic E-state index is 0.470. The van der Waals surface area contributed by atoms with Gasteiger partial charge in [-0.1, -0.05) is 13.0 Å². The molecule has 20 heavy (non-hydrogen) atoms. The van der Waals surface area contributed by atoms with Gasteiger partial charge < -0.3 is 14.9 Å². The average Bonchev–Trinajstić information content (AvgIpc) is 2.48. The van der Waals surface area contributed by atoms with E-state index in [2.05, 4.69) is 15.4 Å². The van der Waals surface area contributed by atoms with Gasteiger partial charge in [-0.25, -0.2) is 15.8 Å². The van der Waals surface area contributed by atoms with Gasteiger partial charge in [-0.3, -0.25) is 0 Å². The van der Waals surface area contributed by atoms with Crippen LogP contribution in [0.3, 0.4) is 0 Å². The van der Waals surface area contributed by atoms with E-state index >= 15 is 0 Å². The Balaban J connectivity index is 2.39. The third-order valence-corrected chi connectivity index (χ3v) is 2.92. The molecular weight excluding hydrogens is 256 g/mol. The molecule has 0 spiro atoms. The summed E-state index contributed by atoms with van der Waals surface area (Å²) in [5.41, 5.74) is 4.46. The number of aromatic nitrogens is 2. The number of rotatable bonds is 5. The van der Waals surface area contributed by atoms with Gasteiger partial charge in [0.2, 0.25) is 5.88 Å². The van der Waals surface area contributed by atoms with Gasteiger partial charge in [-0.2, -0.15) is 0 Å². The van der Waals surface area contributed by atoms with E-state index in [1.165, 1.54) is 6.33 Å². The second-order valence-electron chi connectivity index (χ2n) is 4.26. The summed E-state index contributed by atoms with van der Waals surface area (Å²) in [6.45, 7) is 3.98. The predicted octanol–water partition coefficient (Wildman–Crippen LogP) is 2.43. The summed E-state index contributed by atoms with van der Waals surface area (Å²) in [6, 6.07) is 5.71. The van der Waals surface area contributed by atoms with Crippen molar-refractivity contribution in [3.63, 3.8) is 0 Å². The summed E-state index contributed by atoms with van der Waals surface area (Å²) in [7, 11) is 1.61. The molecule has 2 rings (SSSR count). The SMILES string of the molecule is CCc1c(NN)ncnc1Oc1ccc(C)cc1OC. The highest BCUT2D eigenvalue weighted by Crippen LogP contribution is 2.34. The zero-order valence-corrected chi connectivity index (χ0v) is 11.8. The molecule has 0 radical (unpaired) electrons. The number of aryl methyl sites for hydroxylation is 1. The molecule has 0 saturated heterocycles. The van der Waals surface area contributed by atoms with Crippen LogP contribution in [0.25, 0.3) is 0 Å². The number of anilines is 1. The van der Waals surface area contributed by atoms with Crippen LogP contribution in [0.4, 0.5) is 5.82 Å². The number of hydrogen-bond acceptors (Lipinski definition) is 6. The first kappa shape index (κ1) is 14.1. The molecule has 0 aliphatic carbocycles. The Morgan fingerprint density at radius 2 is 2.05 bits per heavy atom. The fourth-order valence-electron chi connectivity index (χ4n) is 1.89. The third-order valence-electron chi connectivity index (χ3n) is 2.92. The Hall–Kier alpha value is -2.34. The van der Waals surface area contributed by atoms with E-state index in [1.807, 2.05) is 32.0 Å². The van der Waals surface area contributed by atoms with E-state index in [0.29, 0.717) is 29.6 Å². The van der Waals surface area contributed by atoms with E-state index in [4.69, 9.17) is 15.3 Å². The van der Waals surface area contributed by atoms with Gasteiger partial charge in [-0.05, 0) is 31.0 Å². The normalized spacial score (nSPS) is 10.2. The second-order valence-corrected chi connectivity index (χ2v) is 4.26. The Labute approximate surface area is 117 Å². The lowest BCUT2D eigenvalue weighted by atomic mass is 10.2. The maximum Gasteiger partial charge on any atom is 0.227 e. The first-order chi connectivity index (χ1) is 9.69. The zero-order valence-electron chi connectivity index (χ0n) is 11.8. The number of nitrogen functional groups attached to an aromatic ring is 1. The standard InChI is InChI=1S/C14H18N4O2/c1-4-10-13(18-15)16-8-17-14(10)20-11-6-5-9(2)7-12(11)19-3/h5-8H,4,15H2,1-3H3,(H,16,17,18). The van der Waals surface area contributed by atoms with E-state index in [9.17, 15) is 0 Å². The number of hydrogen-bond donors (Lipinski definition) is 2. The van der Waals surface area contributed by atoms with Crippen molar-refractivity contribution in [2.24, 2.45) is 5.84 Å². The summed E-state index contributed by atoms with van der Waals surface area (Å²) < 4.78 is 11.2. The summed E-state index contributed by atoms with van der Waals surface area (Å²) in [6.07, 6.45) is 2.11. The van der Waals surface area contributed by atoms with Crippen LogP contribution >= 0.6 is 0 Å². The Morgan fingerprint density at radius 1 is 1.25 bits per heavy atom. The first-order valence-corrected chi connectivity index (χ1v) is 6.32. The summed E-state index contributed by atoms with van der Waals surface area (Å²) >= 11 is 0. The Bertz CT molecular complexity index is 602. The molecule has 0 amide bonds. The minimum atomic E-state index is 0.470. The van der Waals surface area contributed by atoms with Gasteiger partial charge in [0.25, 0.3) is 0 Å². The van der Waals surface area contributed by atoms with E-state index in [-0.39, 0.29) is 0 Å². The molecule has 0 saturated carbocycles. The molecule has 0 aliphatic rings. The van der Waals surface area contributed by atoms with Crippen molar-refractivity contribution in [2.45, 2.75) is 20.3 Å². The molecule has 3 N–H and O–H groups in total. The molecule has 6 nitrogen and oxygen atoms in total. The molecule has 0 unspecified atom stereocenters. The summed E-state index contributed by atoms with van der Waals surface area (Å²) in [5.74, 6) is 7.74. The van der Waals surface area contributed by atoms with E-state index < -0.39 is 0 Å². The average molecular weight is 274 g/mol. The van der Waals surface area contributed by atoms with Crippen molar-refractivity contribution >= 4 is 5.82 Å². The lowest BCUT2D eigenvalue weighted by Gasteiger charge is -2.14. The number of hydrazine groups is 1. The van der Waals surface area contributed by atoms with Crippen LogP contribution < -0.4 is 20.7 Å². The second kappa shape index (κ2) is 6.21. The highest BCUT2D eigenvalue weighted by molar-refractivity contribution is 5.51. The number of methoxy groups -OCH3 is 1. The van der Waals surface area contributed by atoms with Crippen LogP contribution in [0, 0.1) is 6.92 Å². The minimum Gasteiger partial charge on any atom is -0.493 e. The predicted molar refractivity (Wildman–Crippen MR) is 77.0 cm³/mol. The molecule has 6 heteroatoms. The number of nitrogens with one attached hydrogen (secondary N) is 1. The monoisotopic (exact) mass is 274 g/mol. The molecule has 0 atom stereocenters. The molecule has 2 aromatic rings. The van der Waals surface area contributed by atoms with Gasteiger partial charge in [-0.15, -0.1) is 0 Å². The molecule has 1 heterocycles. The van der Waals surface area contributed by atoms with Gasteiger partial charge in [0, 0.05) is 0 Å². The number of benzene rings is 1. The van der Waals surface area contributed by atoms with E-state index in [1.54, 1.807) is 7.11 Å². The van der Waals surface area contributed by atoms with Crippen LogP contribution in [-0.2, 0) is 6.42 Å². The van der Waals surface area contributed by atoms with Gasteiger partial charge in [0.15, 0.2) is 11.5 Å². The Morgan fingerprint density at radius 3 is 2.70 bits per heavy atom. The quantitative estimate of drug-likeness (QED) is 0.643. The van der Waals surface area contributed by atoms with Crippen molar-refractivity contribution in [1.29, 1.82) is 0 Å². The lowest BCUT2D eigenvalue weighted by molar-refractivity contribution is 0.372.